The summed E-state index contributed by atoms with van der Waals surface area (Å²) < 4.78 is 21.8. The number of hydrogen-bond donors (Lipinski definition) is 0. The molecule has 0 bridgehead atoms. The van der Waals surface area contributed by atoms with Crippen molar-refractivity contribution in [2.24, 2.45) is 0 Å². The number of halogens is 1. The number of benzene rings is 3. The van der Waals surface area contributed by atoms with E-state index in [1.807, 2.05) is 12.1 Å². The van der Waals surface area contributed by atoms with Crippen LogP contribution >= 0.6 is 11.6 Å². The highest BCUT2D eigenvalue weighted by Crippen LogP contribution is 2.39. The van der Waals surface area contributed by atoms with Gasteiger partial charge in [-0.15, -0.1) is 0 Å². The lowest BCUT2D eigenvalue weighted by molar-refractivity contribution is 0.0583. The normalized spacial score (nSPS) is 14.6. The first kappa shape index (κ1) is 24.4. The lowest BCUT2D eigenvalue weighted by atomic mass is 9.91. The summed E-state index contributed by atoms with van der Waals surface area (Å²) >= 11 is 6.15. The molecule has 0 saturated carbocycles. The van der Waals surface area contributed by atoms with Crippen LogP contribution < -0.4 is 14.2 Å². The first-order valence-corrected chi connectivity index (χ1v) is 11.5. The average Bonchev–Trinajstić information content (AvgIpc) is 2.90. The van der Waals surface area contributed by atoms with Crippen molar-refractivity contribution in [2.75, 3.05) is 34.5 Å². The molecule has 4 rings (SSSR count). The van der Waals surface area contributed by atoms with E-state index in [0.717, 1.165) is 11.1 Å². The number of methoxy groups -OCH3 is 3. The second-order valence-corrected chi connectivity index (χ2v) is 8.44. The van der Waals surface area contributed by atoms with Gasteiger partial charge in [0.2, 0.25) is 0 Å². The van der Waals surface area contributed by atoms with Crippen molar-refractivity contribution in [1.82, 2.24) is 4.90 Å². The van der Waals surface area contributed by atoms with Gasteiger partial charge in [0, 0.05) is 17.1 Å². The highest BCUT2D eigenvalue weighted by atomic mass is 35.5. The molecule has 0 spiro atoms. The van der Waals surface area contributed by atoms with Gasteiger partial charge in [-0.25, -0.2) is 4.79 Å². The summed E-state index contributed by atoms with van der Waals surface area (Å²) in [5.41, 5.74) is 2.93. The van der Waals surface area contributed by atoms with Gasteiger partial charge in [-0.05, 0) is 72.1 Å². The number of carbonyl (C=O) groups is 2. The van der Waals surface area contributed by atoms with Crippen LogP contribution in [0.25, 0.3) is 0 Å². The van der Waals surface area contributed by atoms with Crippen LogP contribution in [-0.2, 0) is 11.2 Å². The highest BCUT2D eigenvalue weighted by molar-refractivity contribution is 6.30. The highest BCUT2D eigenvalue weighted by Gasteiger charge is 2.33. The Hall–Kier alpha value is -3.71. The van der Waals surface area contributed by atoms with Gasteiger partial charge in [-0.1, -0.05) is 17.7 Å². The third-order valence-corrected chi connectivity index (χ3v) is 6.25. The molecule has 1 aliphatic heterocycles. The smallest absolute Gasteiger partial charge is 0.337 e. The summed E-state index contributed by atoms with van der Waals surface area (Å²) in [6.45, 7) is 0.704. The van der Waals surface area contributed by atoms with Crippen LogP contribution in [0.3, 0.4) is 0 Å². The Kier molecular flexibility index (Phi) is 7.46. The van der Waals surface area contributed by atoms with Crippen molar-refractivity contribution in [1.29, 1.82) is 0 Å². The van der Waals surface area contributed by atoms with E-state index < -0.39 is 5.97 Å². The summed E-state index contributed by atoms with van der Waals surface area (Å²) in [6, 6.07) is 17.1. The van der Waals surface area contributed by atoms with Crippen molar-refractivity contribution in [3.63, 3.8) is 0 Å². The molecule has 35 heavy (non-hydrogen) atoms. The Morgan fingerprint density at radius 1 is 0.943 bits per heavy atom. The van der Waals surface area contributed by atoms with Gasteiger partial charge in [0.15, 0.2) is 11.5 Å². The minimum atomic E-state index is -0.419. The van der Waals surface area contributed by atoms with E-state index in [0.29, 0.717) is 46.4 Å². The minimum absolute atomic E-state index is 0.137. The maximum absolute atomic E-state index is 13.5. The van der Waals surface area contributed by atoms with E-state index in [4.69, 9.17) is 30.5 Å². The summed E-state index contributed by atoms with van der Waals surface area (Å²) in [6.07, 6.45) is 0.659. The zero-order chi connectivity index (χ0) is 24.9. The molecular weight excluding hydrogens is 470 g/mol. The fourth-order valence-electron chi connectivity index (χ4n) is 4.22. The second-order valence-electron chi connectivity index (χ2n) is 8.01. The Morgan fingerprint density at radius 3 is 2.31 bits per heavy atom. The molecule has 0 aliphatic carbocycles. The predicted octanol–water partition coefficient (Wildman–Crippen LogP) is 4.96. The van der Waals surface area contributed by atoms with E-state index in [-0.39, 0.29) is 18.6 Å². The van der Waals surface area contributed by atoms with Crippen LogP contribution in [0.5, 0.6) is 17.2 Å². The van der Waals surface area contributed by atoms with E-state index in [1.54, 1.807) is 67.7 Å². The van der Waals surface area contributed by atoms with Crippen LogP contribution in [0.15, 0.2) is 60.7 Å². The van der Waals surface area contributed by atoms with Gasteiger partial charge >= 0.3 is 5.97 Å². The van der Waals surface area contributed by atoms with Crippen LogP contribution in [0.2, 0.25) is 5.02 Å². The Bertz CT molecular complexity index is 1230. The number of amides is 1. The lowest BCUT2D eigenvalue weighted by Crippen LogP contribution is -2.42. The van der Waals surface area contributed by atoms with Crippen molar-refractivity contribution in [3.8, 4) is 17.2 Å². The molecule has 0 aromatic heterocycles. The molecule has 0 fully saturated rings. The molecule has 8 heteroatoms. The largest absolute Gasteiger partial charge is 0.493 e. The van der Waals surface area contributed by atoms with Gasteiger partial charge in [0.05, 0.1) is 32.9 Å². The van der Waals surface area contributed by atoms with Crippen molar-refractivity contribution < 1.29 is 28.5 Å². The fraction of sp³-hybridized carbons (Fsp3) is 0.259. The topological polar surface area (TPSA) is 74.3 Å². The number of rotatable bonds is 7. The molecule has 0 radical (unpaired) electrons. The summed E-state index contributed by atoms with van der Waals surface area (Å²) in [5, 5.41) is 0.498. The van der Waals surface area contributed by atoms with E-state index in [2.05, 4.69) is 0 Å². The van der Waals surface area contributed by atoms with E-state index in [9.17, 15) is 9.59 Å². The van der Waals surface area contributed by atoms with Crippen molar-refractivity contribution >= 4 is 23.5 Å². The quantitative estimate of drug-likeness (QED) is 0.431. The SMILES string of the molecule is COC(=O)c1ccc(OC[C@@H]2c3cc(OC)c(OC)cc3CCN2C(=O)c2cccc(Cl)c2)cc1. The first-order chi connectivity index (χ1) is 16.9. The van der Waals surface area contributed by atoms with Crippen LogP contribution in [0.1, 0.15) is 37.9 Å². The van der Waals surface area contributed by atoms with Crippen molar-refractivity contribution in [3.05, 3.63) is 87.9 Å². The molecule has 0 unspecified atom stereocenters. The van der Waals surface area contributed by atoms with E-state index in [1.165, 1.54) is 7.11 Å². The third-order valence-electron chi connectivity index (χ3n) is 6.02. The Labute approximate surface area is 209 Å². The van der Waals surface area contributed by atoms with Crippen LogP contribution in [0.4, 0.5) is 0 Å². The minimum Gasteiger partial charge on any atom is -0.493 e. The number of nitrogens with zero attached hydrogens (tertiary/aromatic N) is 1. The molecule has 1 atom stereocenters. The average molecular weight is 496 g/mol. The summed E-state index contributed by atoms with van der Waals surface area (Å²) in [5.74, 6) is 1.23. The Balaban J connectivity index is 1.66. The van der Waals surface area contributed by atoms with E-state index >= 15 is 0 Å². The van der Waals surface area contributed by atoms with Gasteiger partial charge in [-0.3, -0.25) is 4.79 Å². The molecular formula is C27H26ClNO6. The third kappa shape index (κ3) is 5.20. The number of ether oxygens (including phenoxy) is 4. The van der Waals surface area contributed by atoms with Gasteiger partial charge in [0.25, 0.3) is 5.91 Å². The molecule has 1 aliphatic rings. The molecule has 1 amide bonds. The number of hydrogen-bond acceptors (Lipinski definition) is 6. The monoisotopic (exact) mass is 495 g/mol. The molecule has 0 N–H and O–H groups in total. The summed E-state index contributed by atoms with van der Waals surface area (Å²) in [7, 11) is 4.51. The first-order valence-electron chi connectivity index (χ1n) is 11.1. The van der Waals surface area contributed by atoms with Crippen LogP contribution in [0, 0.1) is 0 Å². The number of carbonyl (C=O) groups excluding carboxylic acids is 2. The maximum Gasteiger partial charge on any atom is 0.337 e. The van der Waals surface area contributed by atoms with Gasteiger partial charge in [-0.2, -0.15) is 0 Å². The zero-order valence-corrected chi connectivity index (χ0v) is 20.5. The lowest BCUT2D eigenvalue weighted by Gasteiger charge is -2.37. The van der Waals surface area contributed by atoms with Gasteiger partial charge < -0.3 is 23.8 Å². The molecule has 182 valence electrons. The van der Waals surface area contributed by atoms with Crippen LogP contribution in [-0.4, -0.2) is 51.3 Å². The van der Waals surface area contributed by atoms with Gasteiger partial charge in [0.1, 0.15) is 12.4 Å². The molecule has 3 aromatic rings. The molecule has 7 nitrogen and oxygen atoms in total. The Morgan fingerprint density at radius 2 is 1.66 bits per heavy atom. The number of esters is 1. The molecule has 1 heterocycles. The zero-order valence-electron chi connectivity index (χ0n) is 19.7. The second kappa shape index (κ2) is 10.7. The predicted molar refractivity (Wildman–Crippen MR) is 132 cm³/mol. The molecule has 3 aromatic carbocycles. The summed E-state index contributed by atoms with van der Waals surface area (Å²) in [4.78, 5) is 27.0. The molecule has 0 saturated heterocycles. The van der Waals surface area contributed by atoms with Crippen molar-refractivity contribution in [2.45, 2.75) is 12.5 Å². The maximum atomic E-state index is 13.5. The fourth-order valence-corrected chi connectivity index (χ4v) is 4.41. The number of fused-ring (bicyclic) bond motifs is 1. The standard InChI is InChI=1S/C27H26ClNO6/c1-32-24-14-18-11-12-29(26(30)19-5-4-6-20(28)13-19)23(22(18)15-25(24)33-2)16-35-21-9-7-17(8-10-21)27(31)34-3/h4-10,13-15,23H,11-12,16H2,1-3H3/t23-/m1/s1.